The number of carbonyl (C=O) groups excluding carboxylic acids is 1. The third kappa shape index (κ3) is 3.89. The summed E-state index contributed by atoms with van der Waals surface area (Å²) in [6.45, 7) is 0.417. The highest BCUT2D eigenvalue weighted by Gasteiger charge is 2.05. The molecule has 4 nitrogen and oxygen atoms in total. The van der Waals surface area contributed by atoms with Crippen LogP contribution in [0, 0.1) is 0 Å². The molecule has 0 saturated carbocycles. The molecule has 0 unspecified atom stereocenters. The van der Waals surface area contributed by atoms with Crippen molar-refractivity contribution >= 4 is 11.6 Å². The van der Waals surface area contributed by atoms with Gasteiger partial charge in [0.2, 0.25) is 5.91 Å². The molecule has 1 aromatic heterocycles. The van der Waals surface area contributed by atoms with Gasteiger partial charge in [0, 0.05) is 31.0 Å². The van der Waals surface area contributed by atoms with Crippen LogP contribution in [0.15, 0.2) is 48.8 Å². The minimum Gasteiger partial charge on any atom is -0.326 e. The summed E-state index contributed by atoms with van der Waals surface area (Å²) in [6.07, 6.45) is 4.62. The number of para-hydroxylation sites is 1. The van der Waals surface area contributed by atoms with Gasteiger partial charge in [0.05, 0.1) is 0 Å². The molecule has 1 heterocycles. The molecule has 1 amide bonds. The highest BCUT2D eigenvalue weighted by molar-refractivity contribution is 5.91. The predicted molar refractivity (Wildman–Crippen MR) is 75.5 cm³/mol. The van der Waals surface area contributed by atoms with Crippen LogP contribution in [0.4, 0.5) is 5.69 Å². The summed E-state index contributed by atoms with van der Waals surface area (Å²) in [5, 5.41) is 2.90. The zero-order chi connectivity index (χ0) is 13.5. The van der Waals surface area contributed by atoms with Gasteiger partial charge in [-0.15, -0.1) is 0 Å². The second-order valence-electron chi connectivity index (χ2n) is 4.26. The van der Waals surface area contributed by atoms with Gasteiger partial charge in [-0.05, 0) is 35.7 Å². The molecule has 0 saturated heterocycles. The van der Waals surface area contributed by atoms with Crippen LogP contribution in [0.1, 0.15) is 17.5 Å². The number of nitrogens with one attached hydrogen (secondary N) is 1. The Kier molecular flexibility index (Phi) is 4.64. The Hall–Kier alpha value is -2.20. The second kappa shape index (κ2) is 6.66. The summed E-state index contributed by atoms with van der Waals surface area (Å²) < 4.78 is 0. The van der Waals surface area contributed by atoms with Crippen molar-refractivity contribution in [2.45, 2.75) is 19.4 Å². The molecule has 2 rings (SSSR count). The van der Waals surface area contributed by atoms with Crippen LogP contribution in [-0.4, -0.2) is 10.9 Å². The zero-order valence-electron chi connectivity index (χ0n) is 10.7. The van der Waals surface area contributed by atoms with Crippen molar-refractivity contribution < 1.29 is 4.79 Å². The fraction of sp³-hybridized carbons (Fsp3) is 0.200. The Morgan fingerprint density at radius 2 is 1.89 bits per heavy atom. The van der Waals surface area contributed by atoms with Crippen molar-refractivity contribution in [3.05, 3.63) is 59.9 Å². The second-order valence-corrected chi connectivity index (χ2v) is 4.26. The van der Waals surface area contributed by atoms with Crippen molar-refractivity contribution in [2.75, 3.05) is 5.32 Å². The van der Waals surface area contributed by atoms with E-state index in [0.717, 1.165) is 16.8 Å². The average molecular weight is 255 g/mol. The summed E-state index contributed by atoms with van der Waals surface area (Å²) in [7, 11) is 0. The number of nitrogens with zero attached hydrogens (tertiary/aromatic N) is 1. The largest absolute Gasteiger partial charge is 0.326 e. The van der Waals surface area contributed by atoms with E-state index in [9.17, 15) is 4.79 Å². The molecular weight excluding hydrogens is 238 g/mol. The van der Waals surface area contributed by atoms with Crippen LogP contribution in [0.5, 0.6) is 0 Å². The van der Waals surface area contributed by atoms with Crippen LogP contribution >= 0.6 is 0 Å². The maximum Gasteiger partial charge on any atom is 0.224 e. The molecule has 3 N–H and O–H groups in total. The van der Waals surface area contributed by atoms with Gasteiger partial charge in [0.15, 0.2) is 0 Å². The number of hydrogen-bond donors (Lipinski definition) is 2. The predicted octanol–water partition coefficient (Wildman–Crippen LogP) is 2.11. The van der Waals surface area contributed by atoms with E-state index in [4.69, 9.17) is 5.73 Å². The first-order valence-electron chi connectivity index (χ1n) is 6.26. The number of pyridine rings is 1. The molecule has 0 radical (unpaired) electrons. The molecule has 0 aliphatic carbocycles. The monoisotopic (exact) mass is 255 g/mol. The highest BCUT2D eigenvalue weighted by Crippen LogP contribution is 2.14. The van der Waals surface area contributed by atoms with Crippen molar-refractivity contribution in [3.63, 3.8) is 0 Å². The maximum absolute atomic E-state index is 11.9. The van der Waals surface area contributed by atoms with Gasteiger partial charge in [0.1, 0.15) is 0 Å². The first kappa shape index (κ1) is 13.2. The molecule has 0 fully saturated rings. The summed E-state index contributed by atoms with van der Waals surface area (Å²) in [5.74, 6) is -0.00212. The SMILES string of the molecule is NCc1ccccc1NC(=O)CCc1ccncc1. The Bertz CT molecular complexity index is 540. The maximum atomic E-state index is 11.9. The average Bonchev–Trinajstić information content (AvgIpc) is 2.47. The Morgan fingerprint density at radius 1 is 1.16 bits per heavy atom. The van der Waals surface area contributed by atoms with Crippen LogP contribution in [-0.2, 0) is 17.8 Å². The number of amides is 1. The van der Waals surface area contributed by atoms with Gasteiger partial charge < -0.3 is 11.1 Å². The fourth-order valence-electron chi connectivity index (χ4n) is 1.84. The van der Waals surface area contributed by atoms with Crippen molar-refractivity contribution in [2.24, 2.45) is 5.73 Å². The molecule has 0 spiro atoms. The first-order chi connectivity index (χ1) is 9.29. The zero-order valence-corrected chi connectivity index (χ0v) is 10.7. The van der Waals surface area contributed by atoms with E-state index in [2.05, 4.69) is 10.3 Å². The molecule has 98 valence electrons. The molecule has 2 aromatic rings. The van der Waals surface area contributed by atoms with Gasteiger partial charge in [-0.1, -0.05) is 18.2 Å². The van der Waals surface area contributed by atoms with Crippen LogP contribution in [0.2, 0.25) is 0 Å². The van der Waals surface area contributed by atoms with E-state index in [1.165, 1.54) is 0 Å². The number of hydrogen-bond acceptors (Lipinski definition) is 3. The normalized spacial score (nSPS) is 10.2. The van der Waals surface area contributed by atoms with E-state index >= 15 is 0 Å². The lowest BCUT2D eigenvalue weighted by molar-refractivity contribution is -0.116. The molecule has 0 aliphatic rings. The van der Waals surface area contributed by atoms with Crippen LogP contribution in [0.3, 0.4) is 0 Å². The number of aryl methyl sites for hydroxylation is 1. The lowest BCUT2D eigenvalue weighted by Gasteiger charge is -2.09. The van der Waals surface area contributed by atoms with Gasteiger partial charge >= 0.3 is 0 Å². The number of aromatic nitrogens is 1. The molecule has 0 bridgehead atoms. The van der Waals surface area contributed by atoms with Gasteiger partial charge in [0.25, 0.3) is 0 Å². The third-order valence-corrected chi connectivity index (χ3v) is 2.90. The standard InChI is InChI=1S/C15H17N3O/c16-11-13-3-1-2-4-14(13)18-15(19)6-5-12-7-9-17-10-8-12/h1-4,7-10H,5-6,11,16H2,(H,18,19). The van der Waals surface area contributed by atoms with E-state index in [1.54, 1.807) is 12.4 Å². The van der Waals surface area contributed by atoms with E-state index in [-0.39, 0.29) is 5.91 Å². The molecule has 1 aromatic carbocycles. The van der Waals surface area contributed by atoms with Crippen LogP contribution in [0.25, 0.3) is 0 Å². The van der Waals surface area contributed by atoms with Gasteiger partial charge in [-0.2, -0.15) is 0 Å². The summed E-state index contributed by atoms with van der Waals surface area (Å²) >= 11 is 0. The van der Waals surface area contributed by atoms with Gasteiger partial charge in [-0.25, -0.2) is 0 Å². The van der Waals surface area contributed by atoms with E-state index in [1.807, 2.05) is 36.4 Å². The Labute approximate surface area is 112 Å². The summed E-state index contributed by atoms with van der Waals surface area (Å²) in [5.41, 5.74) is 8.48. The molecule has 4 heteroatoms. The Balaban J connectivity index is 1.91. The summed E-state index contributed by atoms with van der Waals surface area (Å²) in [6, 6.07) is 11.4. The molecule has 0 atom stereocenters. The van der Waals surface area contributed by atoms with Gasteiger partial charge in [-0.3, -0.25) is 9.78 Å². The highest BCUT2D eigenvalue weighted by atomic mass is 16.1. The van der Waals surface area contributed by atoms with Crippen molar-refractivity contribution in [1.29, 1.82) is 0 Å². The van der Waals surface area contributed by atoms with E-state index < -0.39 is 0 Å². The number of carbonyl (C=O) groups is 1. The quantitative estimate of drug-likeness (QED) is 0.859. The Morgan fingerprint density at radius 3 is 2.63 bits per heavy atom. The number of nitrogens with two attached hydrogens (primary N) is 1. The lowest BCUT2D eigenvalue weighted by Crippen LogP contribution is -2.14. The molecule has 19 heavy (non-hydrogen) atoms. The van der Waals surface area contributed by atoms with Crippen molar-refractivity contribution in [1.82, 2.24) is 4.98 Å². The minimum absolute atomic E-state index is 0.00212. The van der Waals surface area contributed by atoms with Crippen molar-refractivity contribution in [3.8, 4) is 0 Å². The third-order valence-electron chi connectivity index (χ3n) is 2.90. The molecule has 0 aliphatic heterocycles. The smallest absolute Gasteiger partial charge is 0.224 e. The lowest BCUT2D eigenvalue weighted by atomic mass is 10.1. The fourth-order valence-corrected chi connectivity index (χ4v) is 1.84. The number of rotatable bonds is 5. The topological polar surface area (TPSA) is 68.0 Å². The number of benzene rings is 1. The summed E-state index contributed by atoms with van der Waals surface area (Å²) in [4.78, 5) is 15.8. The van der Waals surface area contributed by atoms with Crippen LogP contribution < -0.4 is 11.1 Å². The minimum atomic E-state index is -0.00212. The number of anilines is 1. The van der Waals surface area contributed by atoms with E-state index in [0.29, 0.717) is 19.4 Å². The molecular formula is C15H17N3O. The first-order valence-corrected chi connectivity index (χ1v) is 6.26.